The number of amides is 3. The quantitative estimate of drug-likeness (QED) is 0.683. The number of rotatable bonds is 4. The Morgan fingerprint density at radius 3 is 2.24 bits per heavy atom. The first-order valence-corrected chi connectivity index (χ1v) is 10.5. The number of terminal acetylenes is 1. The molecule has 0 saturated carbocycles. The van der Waals surface area contributed by atoms with Crippen LogP contribution in [0.4, 0.5) is 19.8 Å². The van der Waals surface area contributed by atoms with Gasteiger partial charge < -0.3 is 20.1 Å². The number of hydrogen-bond donors (Lipinski definition) is 1. The van der Waals surface area contributed by atoms with Crippen molar-refractivity contribution in [2.75, 3.05) is 25.2 Å². The molecule has 0 spiro atoms. The van der Waals surface area contributed by atoms with E-state index < -0.39 is 48.1 Å². The third-order valence-electron chi connectivity index (χ3n) is 4.80. The maximum absolute atomic E-state index is 13.8. The molecule has 1 aromatic heterocycles. The molecule has 10 nitrogen and oxygen atoms in total. The standard InChI is InChI=1S/C22H32FN5O5/c1-9-15-16(17(24)29)18(26(8)19(30)32-21(2,3)4)28(25-15)14-10-13(11-23)27(12-14)20(31)33-22(5,6)7/h1,13-14H,10-12H2,2-8H3,(H2,24,29)/t13-,14?/m0/s1. The molecule has 0 aromatic carbocycles. The fraction of sp³-hybridized carbons (Fsp3) is 0.636. The second-order valence-electron chi connectivity index (χ2n) is 9.87. The van der Waals surface area contributed by atoms with Crippen LogP contribution in [0.5, 0.6) is 0 Å². The largest absolute Gasteiger partial charge is 0.444 e. The highest BCUT2D eigenvalue weighted by Crippen LogP contribution is 2.35. The first-order valence-electron chi connectivity index (χ1n) is 10.5. The summed E-state index contributed by atoms with van der Waals surface area (Å²) in [6.07, 6.45) is 4.26. The van der Waals surface area contributed by atoms with Gasteiger partial charge in [-0.2, -0.15) is 5.10 Å². The van der Waals surface area contributed by atoms with Crippen molar-refractivity contribution in [2.45, 2.75) is 71.2 Å². The lowest BCUT2D eigenvalue weighted by molar-refractivity contribution is 0.0202. The zero-order valence-corrected chi connectivity index (χ0v) is 20.1. The molecule has 3 amide bonds. The predicted octanol–water partition coefficient (Wildman–Crippen LogP) is 2.85. The molecule has 2 atom stereocenters. The van der Waals surface area contributed by atoms with Crippen molar-refractivity contribution in [3.8, 4) is 12.3 Å². The average molecular weight is 466 g/mol. The molecule has 11 heteroatoms. The summed E-state index contributed by atoms with van der Waals surface area (Å²) in [6.45, 7) is 9.44. The molecule has 2 rings (SSSR count). The average Bonchev–Trinajstić information content (AvgIpc) is 3.25. The minimum absolute atomic E-state index is 0.0124. The predicted molar refractivity (Wildman–Crippen MR) is 120 cm³/mol. The van der Waals surface area contributed by atoms with Crippen LogP contribution in [-0.4, -0.2) is 70.3 Å². The van der Waals surface area contributed by atoms with Crippen LogP contribution in [0.3, 0.4) is 0 Å². The van der Waals surface area contributed by atoms with Crippen LogP contribution in [-0.2, 0) is 9.47 Å². The van der Waals surface area contributed by atoms with E-state index in [1.54, 1.807) is 41.5 Å². The lowest BCUT2D eigenvalue weighted by atomic mass is 10.1. The molecule has 2 N–H and O–H groups in total. The monoisotopic (exact) mass is 465 g/mol. The molecule has 182 valence electrons. The number of aromatic nitrogens is 2. The van der Waals surface area contributed by atoms with E-state index in [9.17, 15) is 18.8 Å². The van der Waals surface area contributed by atoms with E-state index in [0.717, 1.165) is 4.90 Å². The van der Waals surface area contributed by atoms with Gasteiger partial charge in [0, 0.05) is 13.6 Å². The van der Waals surface area contributed by atoms with Crippen LogP contribution < -0.4 is 10.6 Å². The lowest BCUT2D eigenvalue weighted by Crippen LogP contribution is -2.41. The summed E-state index contributed by atoms with van der Waals surface area (Å²) in [5, 5.41) is 4.30. The molecule has 0 bridgehead atoms. The molecular formula is C22H32FN5O5. The van der Waals surface area contributed by atoms with Crippen LogP contribution >= 0.6 is 0 Å². The van der Waals surface area contributed by atoms with Crippen molar-refractivity contribution < 1.29 is 28.2 Å². The molecular weight excluding hydrogens is 433 g/mol. The van der Waals surface area contributed by atoms with E-state index in [-0.39, 0.29) is 30.0 Å². The zero-order chi connectivity index (χ0) is 25.3. The molecule has 1 aromatic rings. The van der Waals surface area contributed by atoms with E-state index in [4.69, 9.17) is 21.6 Å². The summed E-state index contributed by atoms with van der Waals surface area (Å²) in [7, 11) is 1.39. The van der Waals surface area contributed by atoms with Crippen LogP contribution in [0.2, 0.25) is 0 Å². The van der Waals surface area contributed by atoms with Gasteiger partial charge in [0.1, 0.15) is 29.1 Å². The lowest BCUT2D eigenvalue weighted by Gasteiger charge is -2.27. The van der Waals surface area contributed by atoms with E-state index in [1.807, 2.05) is 0 Å². The maximum atomic E-state index is 13.8. The molecule has 1 fully saturated rings. The maximum Gasteiger partial charge on any atom is 0.415 e. The van der Waals surface area contributed by atoms with Crippen molar-refractivity contribution in [3.63, 3.8) is 0 Å². The number of hydrogen-bond acceptors (Lipinski definition) is 6. The van der Waals surface area contributed by atoms with E-state index >= 15 is 0 Å². The third kappa shape index (κ3) is 5.94. The second-order valence-corrected chi connectivity index (χ2v) is 9.87. The summed E-state index contributed by atoms with van der Waals surface area (Å²) in [6, 6.07) is -1.38. The highest BCUT2D eigenvalue weighted by atomic mass is 19.1. The number of alkyl halides is 1. The normalized spacial score (nSPS) is 18.6. The van der Waals surface area contributed by atoms with Gasteiger partial charge in [0.25, 0.3) is 5.91 Å². The number of halogens is 1. The van der Waals surface area contributed by atoms with Crippen molar-refractivity contribution >= 4 is 23.9 Å². The summed E-state index contributed by atoms with van der Waals surface area (Å²) in [4.78, 5) is 40.0. The number of anilines is 1. The second kappa shape index (κ2) is 9.29. The highest BCUT2D eigenvalue weighted by molar-refractivity contribution is 6.03. The van der Waals surface area contributed by atoms with Gasteiger partial charge in [0.05, 0.1) is 12.1 Å². The Morgan fingerprint density at radius 1 is 1.21 bits per heavy atom. The topological polar surface area (TPSA) is 120 Å². The van der Waals surface area contributed by atoms with Gasteiger partial charge in [-0.3, -0.25) is 9.69 Å². The van der Waals surface area contributed by atoms with Crippen molar-refractivity contribution in [2.24, 2.45) is 5.73 Å². The Kier molecular flexibility index (Phi) is 7.31. The summed E-state index contributed by atoms with van der Waals surface area (Å²) in [5.74, 6) is 1.43. The fourth-order valence-corrected chi connectivity index (χ4v) is 3.51. The number of primary amides is 1. The van der Waals surface area contributed by atoms with Crippen LogP contribution in [0, 0.1) is 12.3 Å². The minimum atomic E-state index is -0.886. The van der Waals surface area contributed by atoms with E-state index in [2.05, 4.69) is 11.0 Å². The smallest absolute Gasteiger partial charge is 0.415 e. The molecule has 0 radical (unpaired) electrons. The van der Waals surface area contributed by atoms with Gasteiger partial charge in [0.15, 0.2) is 5.82 Å². The van der Waals surface area contributed by atoms with E-state index in [1.165, 1.54) is 16.6 Å². The Labute approximate surface area is 193 Å². The van der Waals surface area contributed by atoms with Gasteiger partial charge in [-0.05, 0) is 53.9 Å². The molecule has 0 aliphatic carbocycles. The van der Waals surface area contributed by atoms with Crippen LogP contribution in [0.25, 0.3) is 0 Å². The van der Waals surface area contributed by atoms with Crippen LogP contribution in [0.15, 0.2) is 0 Å². The number of nitrogens with two attached hydrogens (primary N) is 1. The Bertz CT molecular complexity index is 970. The first-order chi connectivity index (χ1) is 15.1. The third-order valence-corrected chi connectivity index (χ3v) is 4.80. The van der Waals surface area contributed by atoms with Crippen molar-refractivity contribution in [1.82, 2.24) is 14.7 Å². The molecule has 1 unspecified atom stereocenters. The molecule has 2 heterocycles. The van der Waals surface area contributed by atoms with Crippen molar-refractivity contribution in [3.05, 3.63) is 11.3 Å². The first kappa shape index (κ1) is 26.0. The number of ether oxygens (including phenoxy) is 2. The Morgan fingerprint density at radius 2 is 1.79 bits per heavy atom. The fourth-order valence-electron chi connectivity index (χ4n) is 3.51. The number of carbonyl (C=O) groups is 3. The van der Waals surface area contributed by atoms with Gasteiger partial charge in [-0.25, -0.2) is 18.7 Å². The Hall–Kier alpha value is -3.29. The molecule has 33 heavy (non-hydrogen) atoms. The molecule has 1 saturated heterocycles. The summed E-state index contributed by atoms with van der Waals surface area (Å²) >= 11 is 0. The van der Waals surface area contributed by atoms with Gasteiger partial charge in [0.2, 0.25) is 0 Å². The minimum Gasteiger partial charge on any atom is -0.444 e. The zero-order valence-electron chi connectivity index (χ0n) is 20.1. The highest BCUT2D eigenvalue weighted by Gasteiger charge is 2.41. The SMILES string of the molecule is C#Cc1nn(C2C[C@@H](CF)N(C(=O)OC(C)(C)C)C2)c(N(C)C(=O)OC(C)(C)C)c1C(N)=O. The molecule has 1 aliphatic heterocycles. The number of likely N-dealkylation sites (tertiary alicyclic amines) is 1. The number of nitrogens with zero attached hydrogens (tertiary/aromatic N) is 4. The number of carbonyl (C=O) groups excluding carboxylic acids is 3. The molecule has 1 aliphatic rings. The van der Waals surface area contributed by atoms with Crippen molar-refractivity contribution in [1.29, 1.82) is 0 Å². The summed E-state index contributed by atoms with van der Waals surface area (Å²) in [5.41, 5.74) is 3.77. The summed E-state index contributed by atoms with van der Waals surface area (Å²) < 4.78 is 26.0. The van der Waals surface area contributed by atoms with E-state index in [0.29, 0.717) is 0 Å². The Balaban J connectivity index is 2.52. The van der Waals surface area contributed by atoms with Gasteiger partial charge in [-0.1, -0.05) is 0 Å². The van der Waals surface area contributed by atoms with Gasteiger partial charge in [-0.15, -0.1) is 6.42 Å². The van der Waals surface area contributed by atoms with Crippen LogP contribution in [0.1, 0.15) is 70.1 Å². The van der Waals surface area contributed by atoms with Gasteiger partial charge >= 0.3 is 12.2 Å².